The summed E-state index contributed by atoms with van der Waals surface area (Å²) < 4.78 is 0.952. The Hall–Kier alpha value is -0.120. The molecule has 0 spiro atoms. The second kappa shape index (κ2) is 14.2. The van der Waals surface area contributed by atoms with Gasteiger partial charge in [-0.2, -0.15) is 0 Å². The van der Waals surface area contributed by atoms with Crippen LogP contribution in [0.5, 0.6) is 0 Å². The Balaban J connectivity index is 0.00000484. The van der Waals surface area contributed by atoms with Gasteiger partial charge in [-0.15, -0.1) is 0 Å². The van der Waals surface area contributed by atoms with E-state index < -0.39 is 0 Å². The van der Waals surface area contributed by atoms with E-state index in [1.54, 1.807) is 0 Å². The molecule has 0 fully saturated rings. The minimum Gasteiger partial charge on any atom is -1.00 e. The van der Waals surface area contributed by atoms with Crippen molar-refractivity contribution in [2.24, 2.45) is 4.99 Å². The van der Waals surface area contributed by atoms with Crippen molar-refractivity contribution in [3.05, 3.63) is 0 Å². The average molecular weight is 347 g/mol. The van der Waals surface area contributed by atoms with Crippen molar-refractivity contribution in [1.82, 2.24) is 0 Å². The lowest BCUT2D eigenvalue weighted by Crippen LogP contribution is -3.00. The average Bonchev–Trinajstić information content (AvgIpc) is 2.86. The molecule has 4 heteroatoms. The third-order valence-corrected chi connectivity index (χ3v) is 5.27. The molecule has 1 N–H and O–H groups in total. The van der Waals surface area contributed by atoms with Gasteiger partial charge in [0.2, 0.25) is 0 Å². The zero-order valence-electron chi connectivity index (χ0n) is 15.5. The molecule has 0 bridgehead atoms. The van der Waals surface area contributed by atoms with E-state index in [9.17, 15) is 5.11 Å². The molecule has 0 amide bonds. The van der Waals surface area contributed by atoms with Crippen LogP contribution in [0.3, 0.4) is 0 Å². The Labute approximate surface area is 150 Å². The number of halogens is 1. The fraction of sp³-hybridized carbons (Fsp3) is 0.947. The smallest absolute Gasteiger partial charge is 0.195 e. The summed E-state index contributed by atoms with van der Waals surface area (Å²) in [6.45, 7) is 8.78. The first-order valence-electron chi connectivity index (χ1n) is 9.74. The second-order valence-corrected chi connectivity index (χ2v) is 7.00. The number of aliphatic hydroxyl groups excluding tert-OH is 1. The molecule has 1 aliphatic heterocycles. The highest BCUT2D eigenvalue weighted by molar-refractivity contribution is 5.73. The van der Waals surface area contributed by atoms with Gasteiger partial charge in [-0.05, 0) is 12.8 Å². The van der Waals surface area contributed by atoms with Crippen LogP contribution in [0.2, 0.25) is 0 Å². The van der Waals surface area contributed by atoms with E-state index in [1.165, 1.54) is 83.0 Å². The number of nitrogens with zero attached hydrogens (tertiary/aromatic N) is 2. The fourth-order valence-electron chi connectivity index (χ4n) is 3.64. The van der Waals surface area contributed by atoms with E-state index in [-0.39, 0.29) is 19.0 Å². The summed E-state index contributed by atoms with van der Waals surface area (Å²) in [5.74, 6) is 1.24. The molecule has 3 nitrogen and oxygen atoms in total. The number of hydrogen-bond donors (Lipinski definition) is 1. The number of aliphatic imine (C=N–C) groups is 1. The highest BCUT2D eigenvalue weighted by Gasteiger charge is 2.33. The van der Waals surface area contributed by atoms with Crippen LogP contribution in [-0.4, -0.2) is 48.2 Å². The van der Waals surface area contributed by atoms with Gasteiger partial charge >= 0.3 is 0 Å². The van der Waals surface area contributed by atoms with Crippen molar-refractivity contribution in [2.45, 2.75) is 84.5 Å². The first-order chi connectivity index (χ1) is 10.7. The summed E-state index contributed by atoms with van der Waals surface area (Å²) in [7, 11) is 0. The minimum atomic E-state index is 0. The van der Waals surface area contributed by atoms with Gasteiger partial charge in [-0.25, -0.2) is 4.99 Å². The molecule has 0 aromatic rings. The summed E-state index contributed by atoms with van der Waals surface area (Å²) >= 11 is 0. The molecule has 23 heavy (non-hydrogen) atoms. The van der Waals surface area contributed by atoms with Crippen LogP contribution in [0.15, 0.2) is 4.99 Å². The molecule has 1 heterocycles. The second-order valence-electron chi connectivity index (χ2n) is 7.00. The number of hydrogen-bond acceptors (Lipinski definition) is 2. The molecule has 0 saturated carbocycles. The van der Waals surface area contributed by atoms with E-state index >= 15 is 0 Å². The molecule has 0 radical (unpaired) electrons. The number of aliphatic hydroxyl groups is 1. The lowest BCUT2D eigenvalue weighted by atomic mass is 10.1. The highest BCUT2D eigenvalue weighted by atomic mass is 35.5. The Bertz CT molecular complexity index is 310. The standard InChI is InChI=1S/C19H39N2O.ClH/c1-3-4-5-6-7-8-9-10-11-12-13-15-21(17-18-22)16-14-20-19(21)2;/h22H,3-18H2,1-2H3;1H/q+1;/p-1. The Morgan fingerprint density at radius 1 is 0.870 bits per heavy atom. The molecule has 0 aromatic heterocycles. The van der Waals surface area contributed by atoms with Crippen LogP contribution < -0.4 is 12.4 Å². The Kier molecular flexibility index (Phi) is 14.2. The maximum atomic E-state index is 9.32. The topological polar surface area (TPSA) is 32.6 Å². The SMILES string of the molecule is CCCCCCCCCCCCC[N+]1(CCO)CCN=C1C.[Cl-]. The molecule has 1 unspecified atom stereocenters. The molecule has 0 aliphatic carbocycles. The van der Waals surface area contributed by atoms with Crippen molar-refractivity contribution in [3.8, 4) is 0 Å². The maximum Gasteiger partial charge on any atom is 0.195 e. The molecular formula is C19H39ClN2O. The molecule has 0 saturated heterocycles. The van der Waals surface area contributed by atoms with Gasteiger partial charge in [0.15, 0.2) is 5.84 Å². The third kappa shape index (κ3) is 9.07. The zero-order valence-corrected chi connectivity index (χ0v) is 16.3. The van der Waals surface area contributed by atoms with Crippen LogP contribution in [-0.2, 0) is 0 Å². The number of unbranched alkanes of at least 4 members (excludes halogenated alkanes) is 10. The predicted molar refractivity (Wildman–Crippen MR) is 96.4 cm³/mol. The first kappa shape index (κ1) is 22.9. The van der Waals surface area contributed by atoms with Crippen molar-refractivity contribution in [1.29, 1.82) is 0 Å². The number of amidine groups is 1. The first-order valence-corrected chi connectivity index (χ1v) is 9.74. The summed E-state index contributed by atoms with van der Waals surface area (Å²) in [4.78, 5) is 4.56. The third-order valence-electron chi connectivity index (χ3n) is 5.27. The molecule has 1 atom stereocenters. The quantitative estimate of drug-likeness (QED) is 0.375. The van der Waals surface area contributed by atoms with Crippen molar-refractivity contribution < 1.29 is 22.0 Å². The maximum absolute atomic E-state index is 9.32. The summed E-state index contributed by atoms with van der Waals surface area (Å²) in [6.07, 6.45) is 15.3. The van der Waals surface area contributed by atoms with E-state index in [1.807, 2.05) is 0 Å². The number of quaternary nitrogens is 1. The van der Waals surface area contributed by atoms with Gasteiger partial charge < -0.3 is 17.5 Å². The molecule has 0 aromatic carbocycles. The van der Waals surface area contributed by atoms with Gasteiger partial charge in [0.05, 0.1) is 19.7 Å². The largest absolute Gasteiger partial charge is 1.00 e. The van der Waals surface area contributed by atoms with Crippen LogP contribution in [0.1, 0.15) is 84.5 Å². The van der Waals surface area contributed by atoms with Gasteiger partial charge in [0.25, 0.3) is 0 Å². The highest BCUT2D eigenvalue weighted by Crippen LogP contribution is 2.18. The van der Waals surface area contributed by atoms with E-state index in [2.05, 4.69) is 18.8 Å². The minimum absolute atomic E-state index is 0. The van der Waals surface area contributed by atoms with E-state index in [0.29, 0.717) is 0 Å². The lowest BCUT2D eigenvalue weighted by Gasteiger charge is -2.33. The molecule has 138 valence electrons. The molecule has 1 aliphatic rings. The summed E-state index contributed by atoms with van der Waals surface area (Å²) in [5.41, 5.74) is 0. The predicted octanol–water partition coefficient (Wildman–Crippen LogP) is 1.54. The molecular weight excluding hydrogens is 308 g/mol. The summed E-state index contributed by atoms with van der Waals surface area (Å²) in [5, 5.41) is 9.32. The summed E-state index contributed by atoms with van der Waals surface area (Å²) in [6, 6.07) is 0. The van der Waals surface area contributed by atoms with Gasteiger partial charge in [0, 0.05) is 6.92 Å². The van der Waals surface area contributed by atoms with Crippen LogP contribution >= 0.6 is 0 Å². The van der Waals surface area contributed by atoms with Crippen molar-refractivity contribution in [3.63, 3.8) is 0 Å². The van der Waals surface area contributed by atoms with Gasteiger partial charge in [-0.3, -0.25) is 4.48 Å². The van der Waals surface area contributed by atoms with E-state index in [0.717, 1.165) is 24.1 Å². The zero-order chi connectivity index (χ0) is 16.1. The van der Waals surface area contributed by atoms with Crippen molar-refractivity contribution >= 4 is 5.84 Å². The Morgan fingerprint density at radius 2 is 1.39 bits per heavy atom. The monoisotopic (exact) mass is 346 g/mol. The van der Waals surface area contributed by atoms with Gasteiger partial charge in [0.1, 0.15) is 13.1 Å². The van der Waals surface area contributed by atoms with Crippen LogP contribution in [0, 0.1) is 0 Å². The molecule has 1 rings (SSSR count). The van der Waals surface area contributed by atoms with Crippen LogP contribution in [0.4, 0.5) is 0 Å². The normalized spacial score (nSPS) is 20.4. The lowest BCUT2D eigenvalue weighted by molar-refractivity contribution is -0.836. The van der Waals surface area contributed by atoms with Crippen LogP contribution in [0.25, 0.3) is 0 Å². The van der Waals surface area contributed by atoms with E-state index in [4.69, 9.17) is 0 Å². The number of rotatable bonds is 14. The fourth-order valence-corrected chi connectivity index (χ4v) is 3.64. The van der Waals surface area contributed by atoms with Crippen molar-refractivity contribution in [2.75, 3.05) is 32.8 Å². The Morgan fingerprint density at radius 3 is 1.83 bits per heavy atom. The van der Waals surface area contributed by atoms with Gasteiger partial charge in [-0.1, -0.05) is 64.7 Å².